The summed E-state index contributed by atoms with van der Waals surface area (Å²) in [6.07, 6.45) is 9.39. The molecule has 120 valence electrons. The van der Waals surface area contributed by atoms with Gasteiger partial charge in [0.15, 0.2) is 0 Å². The molecule has 0 aliphatic carbocycles. The molecule has 23 heavy (non-hydrogen) atoms. The third kappa shape index (κ3) is 7.67. The minimum absolute atomic E-state index is 0.573. The maximum Gasteiger partial charge on any atom is 0.137 e. The van der Waals surface area contributed by atoms with Crippen LogP contribution in [0.1, 0.15) is 13.8 Å². The number of aromatic amines is 1. The van der Waals surface area contributed by atoms with E-state index in [1.807, 2.05) is 80.7 Å². The highest BCUT2D eigenvalue weighted by Crippen LogP contribution is 2.07. The van der Waals surface area contributed by atoms with Gasteiger partial charge in [-0.25, -0.2) is 4.98 Å². The minimum atomic E-state index is 0.573. The molecule has 3 nitrogen and oxygen atoms in total. The highest BCUT2D eigenvalue weighted by Gasteiger charge is 1.88. The predicted molar refractivity (Wildman–Crippen MR) is 98.7 cm³/mol. The minimum Gasteiger partial charge on any atom is -0.490 e. The fourth-order valence-corrected chi connectivity index (χ4v) is 1.56. The third-order valence-electron chi connectivity index (χ3n) is 2.77. The molecule has 0 atom stereocenters. The fourth-order valence-electron chi connectivity index (χ4n) is 1.56. The van der Waals surface area contributed by atoms with E-state index in [1.54, 1.807) is 12.3 Å². The van der Waals surface area contributed by atoms with E-state index in [0.29, 0.717) is 6.61 Å². The van der Waals surface area contributed by atoms with E-state index >= 15 is 0 Å². The van der Waals surface area contributed by atoms with Crippen molar-refractivity contribution in [3.8, 4) is 5.75 Å². The number of allylic oxidation sites excluding steroid dienone is 2. The van der Waals surface area contributed by atoms with Crippen LogP contribution in [0, 0.1) is 0 Å². The highest BCUT2D eigenvalue weighted by atomic mass is 16.5. The van der Waals surface area contributed by atoms with Crippen molar-refractivity contribution < 1.29 is 4.74 Å². The summed E-state index contributed by atoms with van der Waals surface area (Å²) in [6, 6.07) is 15.6. The molecule has 0 fully saturated rings. The smallest absolute Gasteiger partial charge is 0.137 e. The number of benzene rings is 1. The van der Waals surface area contributed by atoms with E-state index < -0.39 is 0 Å². The summed E-state index contributed by atoms with van der Waals surface area (Å²) in [7, 11) is 0. The standard InChI is InChI=1S/C9H10O.C7H6N2.C4H8/c1-2-8-10-9-6-4-3-5-7-9;1-2-6-3-5-9-7(6)8-4-1;1-3-4-2/h2-7H,1,8H2;1-5H,(H,8,9);3-4H,1-2H3/b;;4-3+. The lowest BCUT2D eigenvalue weighted by Gasteiger charge is -1.99. The van der Waals surface area contributed by atoms with E-state index in [2.05, 4.69) is 16.5 Å². The summed E-state index contributed by atoms with van der Waals surface area (Å²) in [5.74, 6) is 0.891. The van der Waals surface area contributed by atoms with Gasteiger partial charge in [-0.15, -0.1) is 0 Å². The van der Waals surface area contributed by atoms with Gasteiger partial charge in [0, 0.05) is 17.8 Å². The van der Waals surface area contributed by atoms with Crippen molar-refractivity contribution in [2.24, 2.45) is 0 Å². The zero-order valence-corrected chi connectivity index (χ0v) is 13.8. The average molecular weight is 308 g/mol. The molecule has 0 amide bonds. The van der Waals surface area contributed by atoms with Crippen LogP contribution in [0.15, 0.2) is 85.7 Å². The maximum atomic E-state index is 5.24. The Morgan fingerprint density at radius 2 is 1.78 bits per heavy atom. The summed E-state index contributed by atoms with van der Waals surface area (Å²) in [4.78, 5) is 7.09. The fraction of sp³-hybridized carbons (Fsp3) is 0.150. The second-order valence-corrected chi connectivity index (χ2v) is 4.50. The van der Waals surface area contributed by atoms with Crippen LogP contribution in [0.25, 0.3) is 11.0 Å². The highest BCUT2D eigenvalue weighted by molar-refractivity contribution is 5.74. The quantitative estimate of drug-likeness (QED) is 0.658. The van der Waals surface area contributed by atoms with Crippen LogP contribution in [0.5, 0.6) is 5.75 Å². The van der Waals surface area contributed by atoms with Gasteiger partial charge in [-0.2, -0.15) is 0 Å². The zero-order chi connectivity index (χ0) is 16.8. The van der Waals surface area contributed by atoms with Crippen LogP contribution >= 0.6 is 0 Å². The first-order valence-electron chi connectivity index (χ1n) is 7.56. The van der Waals surface area contributed by atoms with Crippen LogP contribution in [-0.4, -0.2) is 16.6 Å². The van der Waals surface area contributed by atoms with Crippen LogP contribution in [0.3, 0.4) is 0 Å². The SMILES string of the molecule is C/C=C/C.C=CCOc1ccccc1.c1cnc2[nH]ccc2c1. The second-order valence-electron chi connectivity index (χ2n) is 4.50. The molecule has 0 radical (unpaired) electrons. The molecule has 0 unspecified atom stereocenters. The van der Waals surface area contributed by atoms with Gasteiger partial charge in [0.2, 0.25) is 0 Å². The van der Waals surface area contributed by atoms with E-state index in [0.717, 1.165) is 16.8 Å². The molecule has 0 aliphatic rings. The van der Waals surface area contributed by atoms with Crippen molar-refractivity contribution in [2.45, 2.75) is 13.8 Å². The molecular formula is C20H24N2O. The van der Waals surface area contributed by atoms with Gasteiger partial charge in [0.05, 0.1) is 0 Å². The number of nitrogens with zero attached hydrogens (tertiary/aromatic N) is 1. The van der Waals surface area contributed by atoms with Gasteiger partial charge >= 0.3 is 0 Å². The molecule has 0 aliphatic heterocycles. The summed E-state index contributed by atoms with van der Waals surface area (Å²) in [6.45, 7) is 8.12. The number of nitrogens with one attached hydrogen (secondary N) is 1. The Morgan fingerprint density at radius 1 is 1.04 bits per heavy atom. The maximum absolute atomic E-state index is 5.24. The lowest BCUT2D eigenvalue weighted by molar-refractivity contribution is 0.363. The van der Waals surface area contributed by atoms with E-state index in [9.17, 15) is 0 Å². The molecule has 3 aromatic rings. The molecule has 0 saturated heterocycles. The Balaban J connectivity index is 0.000000189. The lowest BCUT2D eigenvalue weighted by Crippen LogP contribution is -1.91. The van der Waals surface area contributed by atoms with Crippen molar-refractivity contribution >= 4 is 11.0 Å². The molecule has 0 bridgehead atoms. The molecule has 3 heteroatoms. The summed E-state index contributed by atoms with van der Waals surface area (Å²) >= 11 is 0. The topological polar surface area (TPSA) is 37.9 Å². The van der Waals surface area contributed by atoms with Crippen LogP contribution in [0.2, 0.25) is 0 Å². The Morgan fingerprint density at radius 3 is 2.39 bits per heavy atom. The Bertz CT molecular complexity index is 653. The second kappa shape index (κ2) is 11.8. The zero-order valence-electron chi connectivity index (χ0n) is 13.8. The van der Waals surface area contributed by atoms with Gasteiger partial charge in [0.1, 0.15) is 18.0 Å². The van der Waals surface area contributed by atoms with Gasteiger partial charge in [-0.05, 0) is 44.2 Å². The van der Waals surface area contributed by atoms with Gasteiger partial charge in [-0.3, -0.25) is 0 Å². The summed E-state index contributed by atoms with van der Waals surface area (Å²) in [5, 5.41) is 1.16. The van der Waals surface area contributed by atoms with Gasteiger partial charge < -0.3 is 9.72 Å². The molecule has 0 spiro atoms. The Hall–Kier alpha value is -2.81. The lowest BCUT2D eigenvalue weighted by atomic mass is 10.3. The van der Waals surface area contributed by atoms with Crippen molar-refractivity contribution in [1.29, 1.82) is 0 Å². The summed E-state index contributed by atoms with van der Waals surface area (Å²) < 4.78 is 5.24. The van der Waals surface area contributed by atoms with Gasteiger partial charge in [0.25, 0.3) is 0 Å². The van der Waals surface area contributed by atoms with Crippen molar-refractivity contribution in [3.63, 3.8) is 0 Å². The molecule has 1 aromatic carbocycles. The first-order valence-corrected chi connectivity index (χ1v) is 7.56. The van der Waals surface area contributed by atoms with Crippen LogP contribution in [-0.2, 0) is 0 Å². The number of hydrogen-bond donors (Lipinski definition) is 1. The predicted octanol–water partition coefficient (Wildman–Crippen LogP) is 5.40. The van der Waals surface area contributed by atoms with Crippen LogP contribution < -0.4 is 4.74 Å². The van der Waals surface area contributed by atoms with Gasteiger partial charge in [-0.1, -0.05) is 43.0 Å². The van der Waals surface area contributed by atoms with Crippen LogP contribution in [0.4, 0.5) is 0 Å². The molecule has 1 N–H and O–H groups in total. The normalized spacial score (nSPS) is 9.48. The largest absolute Gasteiger partial charge is 0.490 e. The number of ether oxygens (including phenoxy) is 1. The number of hydrogen-bond acceptors (Lipinski definition) is 2. The summed E-state index contributed by atoms with van der Waals surface area (Å²) in [5.41, 5.74) is 0.956. The Labute approximate surface area is 138 Å². The van der Waals surface area contributed by atoms with Crippen molar-refractivity contribution in [3.05, 3.63) is 85.7 Å². The third-order valence-corrected chi connectivity index (χ3v) is 2.77. The Kier molecular flexibility index (Phi) is 9.36. The number of aromatic nitrogens is 2. The van der Waals surface area contributed by atoms with E-state index in [1.165, 1.54) is 0 Å². The van der Waals surface area contributed by atoms with Crippen molar-refractivity contribution in [1.82, 2.24) is 9.97 Å². The average Bonchev–Trinajstić information content (AvgIpc) is 3.10. The number of fused-ring (bicyclic) bond motifs is 1. The number of pyridine rings is 1. The monoisotopic (exact) mass is 308 g/mol. The number of rotatable bonds is 3. The van der Waals surface area contributed by atoms with E-state index in [4.69, 9.17) is 4.74 Å². The molecule has 0 saturated carbocycles. The molecular weight excluding hydrogens is 284 g/mol. The molecule has 2 aromatic heterocycles. The number of para-hydroxylation sites is 1. The molecule has 2 heterocycles. The van der Waals surface area contributed by atoms with E-state index in [-0.39, 0.29) is 0 Å². The first kappa shape index (κ1) is 18.2. The molecule has 3 rings (SSSR count). The van der Waals surface area contributed by atoms with Crippen molar-refractivity contribution in [2.75, 3.05) is 6.61 Å². The first-order chi connectivity index (χ1) is 11.3. The number of H-pyrrole nitrogens is 1.